The number of nitrogens with one attached hydrogen (secondary N) is 1. The number of carbonyl (C=O) groups excluding carboxylic acids is 1. The maximum absolute atomic E-state index is 11.6. The largest absolute Gasteiger partial charge is 0.494 e. The van der Waals surface area contributed by atoms with Crippen molar-refractivity contribution in [3.8, 4) is 5.75 Å². The van der Waals surface area contributed by atoms with Gasteiger partial charge in [0, 0.05) is 12.8 Å². The molecule has 118 valence electrons. The third-order valence-electron chi connectivity index (χ3n) is 2.77. The van der Waals surface area contributed by atoms with Crippen molar-refractivity contribution in [1.29, 1.82) is 0 Å². The summed E-state index contributed by atoms with van der Waals surface area (Å²) in [7, 11) is -3.09. The SMILES string of the molecule is CS(=O)(=O)CCC(N)C(=O)NCCCOc1ccccc1. The average Bonchev–Trinajstić information content (AvgIpc) is 2.44. The van der Waals surface area contributed by atoms with E-state index in [0.717, 1.165) is 12.0 Å². The van der Waals surface area contributed by atoms with E-state index < -0.39 is 15.9 Å². The first-order valence-corrected chi connectivity index (χ1v) is 8.83. The van der Waals surface area contributed by atoms with Crippen molar-refractivity contribution in [2.75, 3.05) is 25.2 Å². The lowest BCUT2D eigenvalue weighted by molar-refractivity contribution is -0.122. The van der Waals surface area contributed by atoms with Crippen molar-refractivity contribution in [1.82, 2.24) is 5.32 Å². The molecule has 0 saturated carbocycles. The van der Waals surface area contributed by atoms with E-state index in [1.807, 2.05) is 30.3 Å². The Morgan fingerprint density at radius 1 is 1.33 bits per heavy atom. The van der Waals surface area contributed by atoms with Crippen molar-refractivity contribution < 1.29 is 17.9 Å². The van der Waals surface area contributed by atoms with Gasteiger partial charge < -0.3 is 15.8 Å². The van der Waals surface area contributed by atoms with E-state index in [-0.39, 0.29) is 18.1 Å². The van der Waals surface area contributed by atoms with Crippen LogP contribution in [0.25, 0.3) is 0 Å². The molecule has 1 atom stereocenters. The smallest absolute Gasteiger partial charge is 0.236 e. The summed E-state index contributed by atoms with van der Waals surface area (Å²) in [5.41, 5.74) is 5.62. The molecule has 0 fully saturated rings. The Hall–Kier alpha value is -1.60. The highest BCUT2D eigenvalue weighted by molar-refractivity contribution is 7.90. The molecule has 0 bridgehead atoms. The van der Waals surface area contributed by atoms with Crippen LogP contribution >= 0.6 is 0 Å². The summed E-state index contributed by atoms with van der Waals surface area (Å²) in [5, 5.41) is 2.67. The summed E-state index contributed by atoms with van der Waals surface area (Å²) < 4.78 is 27.5. The molecule has 6 nitrogen and oxygen atoms in total. The fourth-order valence-electron chi connectivity index (χ4n) is 1.59. The third kappa shape index (κ3) is 8.31. The van der Waals surface area contributed by atoms with Crippen LogP contribution in [0.3, 0.4) is 0 Å². The lowest BCUT2D eigenvalue weighted by Gasteiger charge is -2.12. The van der Waals surface area contributed by atoms with Gasteiger partial charge in [0.15, 0.2) is 0 Å². The van der Waals surface area contributed by atoms with E-state index in [1.165, 1.54) is 0 Å². The van der Waals surface area contributed by atoms with Gasteiger partial charge in [-0.2, -0.15) is 0 Å². The molecule has 0 aliphatic heterocycles. The van der Waals surface area contributed by atoms with Crippen molar-refractivity contribution in [3.63, 3.8) is 0 Å². The molecule has 1 amide bonds. The summed E-state index contributed by atoms with van der Waals surface area (Å²) >= 11 is 0. The molecule has 1 aromatic rings. The zero-order chi connectivity index (χ0) is 15.7. The van der Waals surface area contributed by atoms with Gasteiger partial charge in [0.05, 0.1) is 18.4 Å². The predicted molar refractivity (Wildman–Crippen MR) is 81.9 cm³/mol. The standard InChI is InChI=1S/C14H22N2O4S/c1-21(18,19)11-8-13(15)14(17)16-9-5-10-20-12-6-3-2-4-7-12/h2-4,6-7,13H,5,8-11,15H2,1H3,(H,16,17). The molecule has 1 rings (SSSR count). The highest BCUT2D eigenvalue weighted by Crippen LogP contribution is 2.08. The highest BCUT2D eigenvalue weighted by Gasteiger charge is 2.15. The van der Waals surface area contributed by atoms with Crippen LogP contribution in [-0.2, 0) is 14.6 Å². The third-order valence-corrected chi connectivity index (χ3v) is 3.75. The van der Waals surface area contributed by atoms with Crippen LogP contribution in [-0.4, -0.2) is 45.5 Å². The van der Waals surface area contributed by atoms with Crippen LogP contribution in [0.5, 0.6) is 5.75 Å². The molecule has 0 aliphatic rings. The van der Waals surface area contributed by atoms with E-state index in [1.54, 1.807) is 0 Å². The van der Waals surface area contributed by atoms with Crippen LogP contribution in [0.1, 0.15) is 12.8 Å². The van der Waals surface area contributed by atoms with Crippen LogP contribution < -0.4 is 15.8 Å². The number of hydrogen-bond acceptors (Lipinski definition) is 5. The van der Waals surface area contributed by atoms with Crippen LogP contribution in [0.4, 0.5) is 0 Å². The maximum atomic E-state index is 11.6. The summed E-state index contributed by atoms with van der Waals surface area (Å²) in [5.74, 6) is 0.366. The van der Waals surface area contributed by atoms with Gasteiger partial charge in [-0.15, -0.1) is 0 Å². The summed E-state index contributed by atoms with van der Waals surface area (Å²) in [4.78, 5) is 11.6. The minimum absolute atomic E-state index is 0.0846. The van der Waals surface area contributed by atoms with Gasteiger partial charge in [0.2, 0.25) is 5.91 Å². The number of hydrogen-bond donors (Lipinski definition) is 2. The van der Waals surface area contributed by atoms with Crippen molar-refractivity contribution >= 4 is 15.7 Å². The fraction of sp³-hybridized carbons (Fsp3) is 0.500. The zero-order valence-corrected chi connectivity index (χ0v) is 12.9. The van der Waals surface area contributed by atoms with Crippen LogP contribution in [0.2, 0.25) is 0 Å². The first-order valence-electron chi connectivity index (χ1n) is 6.77. The van der Waals surface area contributed by atoms with Gasteiger partial charge in [0.25, 0.3) is 0 Å². The Balaban J connectivity index is 2.13. The van der Waals surface area contributed by atoms with E-state index in [9.17, 15) is 13.2 Å². The summed E-state index contributed by atoms with van der Waals surface area (Å²) in [6.45, 7) is 0.932. The topological polar surface area (TPSA) is 98.5 Å². The molecule has 0 spiro atoms. The van der Waals surface area contributed by atoms with E-state index in [2.05, 4.69) is 5.32 Å². The fourth-order valence-corrected chi connectivity index (χ4v) is 2.28. The molecule has 0 aromatic heterocycles. The Bertz CT molecular complexity index is 531. The van der Waals surface area contributed by atoms with Gasteiger partial charge in [0.1, 0.15) is 15.6 Å². The molecule has 1 aromatic carbocycles. The molecule has 21 heavy (non-hydrogen) atoms. The Morgan fingerprint density at radius 2 is 2.00 bits per heavy atom. The average molecular weight is 314 g/mol. The lowest BCUT2D eigenvalue weighted by Crippen LogP contribution is -2.42. The summed E-state index contributed by atoms with van der Waals surface area (Å²) in [6, 6.07) is 8.61. The number of amides is 1. The molecular weight excluding hydrogens is 292 g/mol. The number of ether oxygens (including phenoxy) is 1. The van der Waals surface area contributed by atoms with Gasteiger partial charge in [-0.05, 0) is 25.0 Å². The number of rotatable bonds is 9. The van der Waals surface area contributed by atoms with E-state index in [4.69, 9.17) is 10.5 Å². The number of benzene rings is 1. The van der Waals surface area contributed by atoms with Gasteiger partial charge >= 0.3 is 0 Å². The van der Waals surface area contributed by atoms with Gasteiger partial charge in [-0.3, -0.25) is 4.79 Å². The quantitative estimate of drug-likeness (QED) is 0.640. The second-order valence-corrected chi connectivity index (χ2v) is 7.09. The predicted octanol–water partition coefficient (Wildman–Crippen LogP) is 0.334. The number of carbonyl (C=O) groups is 1. The first kappa shape index (κ1) is 17.5. The minimum atomic E-state index is -3.09. The Labute approximate surface area is 125 Å². The van der Waals surface area contributed by atoms with Crippen molar-refractivity contribution in [2.24, 2.45) is 5.73 Å². The monoisotopic (exact) mass is 314 g/mol. The zero-order valence-electron chi connectivity index (χ0n) is 12.1. The van der Waals surface area contributed by atoms with Crippen molar-refractivity contribution in [2.45, 2.75) is 18.9 Å². The minimum Gasteiger partial charge on any atom is -0.494 e. The Kier molecular flexibility index (Phi) is 7.18. The maximum Gasteiger partial charge on any atom is 0.236 e. The molecular formula is C14H22N2O4S. The van der Waals surface area contributed by atoms with Gasteiger partial charge in [-0.25, -0.2) is 8.42 Å². The number of para-hydroxylation sites is 1. The molecule has 0 radical (unpaired) electrons. The first-order chi connectivity index (χ1) is 9.88. The second kappa shape index (κ2) is 8.63. The molecule has 0 aliphatic carbocycles. The second-order valence-electron chi connectivity index (χ2n) is 4.83. The lowest BCUT2D eigenvalue weighted by atomic mass is 10.2. The normalized spacial score (nSPS) is 12.7. The summed E-state index contributed by atoms with van der Waals surface area (Å²) in [6.07, 6.45) is 1.91. The number of nitrogens with two attached hydrogens (primary N) is 1. The van der Waals surface area contributed by atoms with Crippen LogP contribution in [0, 0.1) is 0 Å². The highest BCUT2D eigenvalue weighted by atomic mass is 32.2. The molecule has 7 heteroatoms. The Morgan fingerprint density at radius 3 is 2.62 bits per heavy atom. The van der Waals surface area contributed by atoms with Crippen LogP contribution in [0.15, 0.2) is 30.3 Å². The van der Waals surface area contributed by atoms with E-state index >= 15 is 0 Å². The van der Waals surface area contributed by atoms with Gasteiger partial charge in [-0.1, -0.05) is 18.2 Å². The molecule has 1 unspecified atom stereocenters. The van der Waals surface area contributed by atoms with E-state index in [0.29, 0.717) is 19.6 Å². The molecule has 0 heterocycles. The van der Waals surface area contributed by atoms with Crippen molar-refractivity contribution in [3.05, 3.63) is 30.3 Å². The number of sulfone groups is 1. The molecule has 3 N–H and O–H groups in total. The molecule has 0 saturated heterocycles.